The number of hydrogen-bond donors (Lipinski definition) is 2. The van der Waals surface area contributed by atoms with Crippen LogP contribution in [0, 0.1) is 0 Å². The van der Waals surface area contributed by atoms with Gasteiger partial charge in [0.05, 0.1) is 17.0 Å². The van der Waals surface area contributed by atoms with E-state index in [1.165, 1.54) is 12.1 Å². The number of nitrogens with zero attached hydrogens (tertiary/aromatic N) is 4. The molecule has 0 saturated heterocycles. The van der Waals surface area contributed by atoms with Crippen LogP contribution in [0.3, 0.4) is 0 Å². The fourth-order valence-electron chi connectivity index (χ4n) is 2.95. The van der Waals surface area contributed by atoms with E-state index in [1.54, 1.807) is 36.7 Å². The minimum atomic E-state index is -3.60. The van der Waals surface area contributed by atoms with Crippen LogP contribution in [0.15, 0.2) is 47.4 Å². The highest BCUT2D eigenvalue weighted by molar-refractivity contribution is 7.89. The largest absolute Gasteiger partial charge is 0.378 e. The summed E-state index contributed by atoms with van der Waals surface area (Å²) in [6, 6.07) is 11.8. The third-order valence-electron chi connectivity index (χ3n) is 4.44. The Morgan fingerprint density at radius 1 is 1.13 bits per heavy atom. The smallest absolute Gasteiger partial charge is 0.251 e. The van der Waals surface area contributed by atoms with Crippen LogP contribution in [0.4, 0.5) is 5.69 Å². The molecule has 2 N–H and O–H groups in total. The molecule has 0 bridgehead atoms. The van der Waals surface area contributed by atoms with Crippen molar-refractivity contribution in [1.82, 2.24) is 25.0 Å². The van der Waals surface area contributed by atoms with Crippen molar-refractivity contribution in [1.29, 1.82) is 0 Å². The predicted molar refractivity (Wildman–Crippen MR) is 116 cm³/mol. The quantitative estimate of drug-likeness (QED) is 0.562. The van der Waals surface area contributed by atoms with Gasteiger partial charge in [-0.15, -0.1) is 5.10 Å². The monoisotopic (exact) mass is 430 g/mol. The third-order valence-corrected chi connectivity index (χ3v) is 6.10. The summed E-state index contributed by atoms with van der Waals surface area (Å²) >= 11 is 0. The van der Waals surface area contributed by atoms with Gasteiger partial charge in [-0.25, -0.2) is 17.8 Å². The van der Waals surface area contributed by atoms with Crippen LogP contribution in [-0.4, -0.2) is 56.0 Å². The van der Waals surface area contributed by atoms with Crippen molar-refractivity contribution < 1.29 is 13.2 Å². The molecule has 3 aromatic rings. The lowest BCUT2D eigenvalue weighted by molar-refractivity contribution is 0.0952. The van der Waals surface area contributed by atoms with Crippen LogP contribution in [0.5, 0.6) is 0 Å². The highest BCUT2D eigenvalue weighted by atomic mass is 32.2. The van der Waals surface area contributed by atoms with Gasteiger partial charge in [0, 0.05) is 37.9 Å². The van der Waals surface area contributed by atoms with Crippen molar-refractivity contribution in [2.45, 2.75) is 31.3 Å². The number of amides is 1. The van der Waals surface area contributed by atoms with E-state index in [1.807, 2.05) is 31.1 Å². The zero-order valence-electron chi connectivity index (χ0n) is 17.5. The Hall–Kier alpha value is -2.98. The van der Waals surface area contributed by atoms with E-state index in [2.05, 4.69) is 20.4 Å². The summed E-state index contributed by atoms with van der Waals surface area (Å²) in [4.78, 5) is 14.4. The zero-order chi connectivity index (χ0) is 21.9. The molecule has 1 amide bonds. The molecule has 9 nitrogen and oxygen atoms in total. The predicted octanol–water partition coefficient (Wildman–Crippen LogP) is 1.61. The Morgan fingerprint density at radius 2 is 1.83 bits per heavy atom. The van der Waals surface area contributed by atoms with Crippen LogP contribution in [0.25, 0.3) is 11.0 Å². The van der Waals surface area contributed by atoms with Gasteiger partial charge in [0.15, 0.2) is 0 Å². The van der Waals surface area contributed by atoms with E-state index in [9.17, 15) is 13.2 Å². The topological polar surface area (TPSA) is 109 Å². The zero-order valence-corrected chi connectivity index (χ0v) is 18.3. The first-order valence-electron chi connectivity index (χ1n) is 9.58. The average molecular weight is 431 g/mol. The Kier molecular flexibility index (Phi) is 6.37. The van der Waals surface area contributed by atoms with Crippen molar-refractivity contribution in [3.63, 3.8) is 0 Å². The summed E-state index contributed by atoms with van der Waals surface area (Å²) in [6.45, 7) is 4.30. The molecule has 0 radical (unpaired) electrons. The maximum atomic E-state index is 12.3. The molecular weight excluding hydrogens is 404 g/mol. The molecule has 0 spiro atoms. The van der Waals surface area contributed by atoms with Gasteiger partial charge in [0.25, 0.3) is 5.91 Å². The van der Waals surface area contributed by atoms with Crippen LogP contribution in [0.2, 0.25) is 0 Å². The Labute approximate surface area is 176 Å². The molecule has 0 aliphatic heterocycles. The number of carbonyl (C=O) groups is 1. The summed E-state index contributed by atoms with van der Waals surface area (Å²) in [5, 5.41) is 11.0. The SMILES string of the molecule is CC(C)NS(=O)(=O)c1ccc2c(c1)nnn2CCNC(=O)c1ccc(N(C)C)cc1. The fraction of sp³-hybridized carbons (Fsp3) is 0.350. The number of sulfonamides is 1. The average Bonchev–Trinajstić information content (AvgIpc) is 3.09. The Balaban J connectivity index is 1.64. The first-order chi connectivity index (χ1) is 14.2. The molecule has 0 fully saturated rings. The Morgan fingerprint density at radius 3 is 2.47 bits per heavy atom. The molecular formula is C20H26N6O3S. The van der Waals surface area contributed by atoms with E-state index in [-0.39, 0.29) is 16.8 Å². The number of fused-ring (bicyclic) bond motifs is 1. The maximum absolute atomic E-state index is 12.3. The lowest BCUT2D eigenvalue weighted by atomic mass is 10.2. The molecule has 160 valence electrons. The summed E-state index contributed by atoms with van der Waals surface area (Å²) in [7, 11) is 0.286. The van der Waals surface area contributed by atoms with Gasteiger partial charge in [0.2, 0.25) is 10.0 Å². The van der Waals surface area contributed by atoms with Crippen molar-refractivity contribution in [3.8, 4) is 0 Å². The molecule has 0 saturated carbocycles. The highest BCUT2D eigenvalue weighted by Gasteiger charge is 2.17. The van der Waals surface area contributed by atoms with Gasteiger partial charge in [0.1, 0.15) is 5.52 Å². The molecule has 10 heteroatoms. The summed E-state index contributed by atoms with van der Waals surface area (Å²) < 4.78 is 28.8. The van der Waals surface area contributed by atoms with Crippen LogP contribution in [-0.2, 0) is 16.6 Å². The maximum Gasteiger partial charge on any atom is 0.251 e. The van der Waals surface area contributed by atoms with Crippen LogP contribution >= 0.6 is 0 Å². The van der Waals surface area contributed by atoms with Gasteiger partial charge < -0.3 is 10.2 Å². The van der Waals surface area contributed by atoms with Crippen molar-refractivity contribution in [3.05, 3.63) is 48.0 Å². The number of rotatable bonds is 8. The Bertz CT molecular complexity index is 1140. The number of nitrogens with one attached hydrogen (secondary N) is 2. The van der Waals surface area contributed by atoms with Crippen molar-refractivity contribution in [2.75, 3.05) is 25.5 Å². The molecule has 0 aliphatic carbocycles. The van der Waals surface area contributed by atoms with E-state index in [0.29, 0.717) is 29.7 Å². The lowest BCUT2D eigenvalue weighted by Gasteiger charge is -2.12. The molecule has 30 heavy (non-hydrogen) atoms. The minimum absolute atomic E-state index is 0.144. The number of hydrogen-bond acceptors (Lipinski definition) is 6. The highest BCUT2D eigenvalue weighted by Crippen LogP contribution is 2.17. The second kappa shape index (κ2) is 8.80. The van der Waals surface area contributed by atoms with Crippen LogP contribution < -0.4 is 14.9 Å². The minimum Gasteiger partial charge on any atom is -0.378 e. The van der Waals surface area contributed by atoms with Gasteiger partial charge in [-0.05, 0) is 56.3 Å². The second-order valence-electron chi connectivity index (χ2n) is 7.44. The summed E-state index contributed by atoms with van der Waals surface area (Å²) in [5.41, 5.74) is 2.78. The molecule has 3 rings (SSSR count). The van der Waals surface area contributed by atoms with E-state index in [0.717, 1.165) is 5.69 Å². The molecule has 1 aromatic heterocycles. The number of carbonyl (C=O) groups excluding carboxylic acids is 1. The molecule has 0 atom stereocenters. The van der Waals surface area contributed by atoms with E-state index >= 15 is 0 Å². The first kappa shape index (κ1) is 21.7. The van der Waals surface area contributed by atoms with Crippen molar-refractivity contribution in [2.24, 2.45) is 0 Å². The van der Waals surface area contributed by atoms with Gasteiger partial charge in [-0.1, -0.05) is 5.21 Å². The second-order valence-corrected chi connectivity index (χ2v) is 9.15. The van der Waals surface area contributed by atoms with Crippen molar-refractivity contribution >= 4 is 32.7 Å². The summed E-state index contributed by atoms with van der Waals surface area (Å²) in [5.74, 6) is -0.169. The summed E-state index contributed by atoms with van der Waals surface area (Å²) in [6.07, 6.45) is 0. The lowest BCUT2D eigenvalue weighted by Crippen LogP contribution is -2.30. The number of benzene rings is 2. The number of anilines is 1. The molecule has 0 aliphatic rings. The van der Waals surface area contributed by atoms with Gasteiger partial charge >= 0.3 is 0 Å². The third kappa shape index (κ3) is 4.95. The normalized spacial score (nSPS) is 11.8. The van der Waals surface area contributed by atoms with Gasteiger partial charge in [-0.2, -0.15) is 0 Å². The van der Waals surface area contributed by atoms with Crippen LogP contribution in [0.1, 0.15) is 24.2 Å². The fourth-order valence-corrected chi connectivity index (χ4v) is 4.22. The van der Waals surface area contributed by atoms with Gasteiger partial charge in [-0.3, -0.25) is 4.79 Å². The standard InChI is InChI=1S/C20H26N6O3S/c1-14(2)23-30(28,29)17-9-10-19-18(13-17)22-24-26(19)12-11-21-20(27)15-5-7-16(8-6-15)25(3)4/h5-10,13-14,23H,11-12H2,1-4H3,(H,21,27). The van der Waals surface area contributed by atoms with E-state index in [4.69, 9.17) is 0 Å². The molecule has 0 unspecified atom stereocenters. The van der Waals surface area contributed by atoms with E-state index < -0.39 is 10.0 Å². The first-order valence-corrected chi connectivity index (χ1v) is 11.1. The molecule has 2 aromatic carbocycles. The molecule has 1 heterocycles. The number of aromatic nitrogens is 3.